The molecular weight excluding hydrogens is 440 g/mol. The SMILES string of the molecule is CC(CCN)NC(=O)CCC(C)C1CCC2(C)[C@H]3C(C[C@H](O)[C@]12C)[C@@]1(C)CC[C@@H](O)C[C@H]1C[C@H]3O. The zero-order valence-corrected chi connectivity index (χ0v) is 22.8. The van der Waals surface area contributed by atoms with Gasteiger partial charge in [0.25, 0.3) is 0 Å². The molecule has 0 aromatic rings. The standard InChI is InChI=1S/C29H52N2O4/c1-17(6-7-25(35)31-18(2)10-13-30)21-9-12-28(4)26-22(16-24(34)29(21,28)5)27(3)11-8-20(32)14-19(27)15-23(26)33/h17-24,26,32-34H,6-16,30H2,1-5H3,(H,31,35)/t17?,18?,19-,20+,21?,22?,23+,24-,26-,27-,28?,29-/m0/s1. The predicted octanol–water partition coefficient (Wildman–Crippen LogP) is 3.61. The van der Waals surface area contributed by atoms with E-state index in [-0.39, 0.29) is 46.3 Å². The molecule has 4 aliphatic rings. The fourth-order valence-corrected chi connectivity index (χ4v) is 9.84. The fraction of sp³-hybridized carbons (Fsp3) is 0.966. The summed E-state index contributed by atoms with van der Waals surface area (Å²) in [4.78, 5) is 12.5. The number of aliphatic hydroxyl groups excluding tert-OH is 3. The van der Waals surface area contributed by atoms with E-state index in [1.54, 1.807) is 0 Å². The minimum absolute atomic E-state index is 0.0798. The van der Waals surface area contributed by atoms with Crippen molar-refractivity contribution in [3.8, 4) is 0 Å². The number of aliphatic hydroxyl groups is 3. The smallest absolute Gasteiger partial charge is 0.220 e. The van der Waals surface area contributed by atoms with Crippen molar-refractivity contribution in [3.63, 3.8) is 0 Å². The average Bonchev–Trinajstić information content (AvgIpc) is 3.06. The molecule has 5 unspecified atom stereocenters. The highest BCUT2D eigenvalue weighted by Crippen LogP contribution is 2.73. The molecule has 4 fully saturated rings. The molecule has 202 valence electrons. The summed E-state index contributed by atoms with van der Waals surface area (Å²) < 4.78 is 0. The first kappa shape index (κ1) is 27.3. The van der Waals surface area contributed by atoms with Gasteiger partial charge in [0.15, 0.2) is 0 Å². The van der Waals surface area contributed by atoms with Crippen molar-refractivity contribution in [2.45, 2.75) is 123 Å². The summed E-state index contributed by atoms with van der Waals surface area (Å²) in [6.45, 7) is 11.9. The Morgan fingerprint density at radius 1 is 1.03 bits per heavy atom. The lowest BCUT2D eigenvalue weighted by Gasteiger charge is -2.67. The third-order valence-corrected chi connectivity index (χ3v) is 12.1. The molecule has 6 nitrogen and oxygen atoms in total. The minimum Gasteiger partial charge on any atom is -0.393 e. The molecule has 4 saturated carbocycles. The maximum atomic E-state index is 12.5. The summed E-state index contributed by atoms with van der Waals surface area (Å²) >= 11 is 0. The van der Waals surface area contributed by atoms with E-state index in [9.17, 15) is 20.1 Å². The van der Waals surface area contributed by atoms with Crippen LogP contribution in [0.1, 0.15) is 98.8 Å². The van der Waals surface area contributed by atoms with E-state index in [1.807, 2.05) is 6.92 Å². The average molecular weight is 493 g/mol. The lowest BCUT2D eigenvalue weighted by atomic mass is 9.39. The number of hydrogen-bond donors (Lipinski definition) is 5. The van der Waals surface area contributed by atoms with Crippen LogP contribution in [0.3, 0.4) is 0 Å². The number of fused-ring (bicyclic) bond motifs is 5. The van der Waals surface area contributed by atoms with Crippen LogP contribution in [0.15, 0.2) is 0 Å². The molecule has 4 rings (SSSR count). The predicted molar refractivity (Wildman–Crippen MR) is 138 cm³/mol. The molecule has 12 atom stereocenters. The molecule has 1 amide bonds. The van der Waals surface area contributed by atoms with Crippen LogP contribution < -0.4 is 11.1 Å². The number of carbonyl (C=O) groups is 1. The lowest BCUT2D eigenvalue weighted by molar-refractivity contribution is -0.240. The largest absolute Gasteiger partial charge is 0.393 e. The van der Waals surface area contributed by atoms with Crippen LogP contribution in [0.4, 0.5) is 0 Å². The van der Waals surface area contributed by atoms with E-state index in [1.165, 1.54) is 0 Å². The van der Waals surface area contributed by atoms with Crippen molar-refractivity contribution < 1.29 is 20.1 Å². The summed E-state index contributed by atoms with van der Waals surface area (Å²) in [5.74, 6) is 1.57. The maximum Gasteiger partial charge on any atom is 0.220 e. The molecule has 35 heavy (non-hydrogen) atoms. The summed E-state index contributed by atoms with van der Waals surface area (Å²) in [6, 6.07) is 0.103. The molecule has 0 aromatic heterocycles. The van der Waals surface area contributed by atoms with Gasteiger partial charge < -0.3 is 26.4 Å². The van der Waals surface area contributed by atoms with Crippen molar-refractivity contribution in [2.24, 2.45) is 51.6 Å². The van der Waals surface area contributed by atoms with Gasteiger partial charge in [-0.3, -0.25) is 4.79 Å². The number of rotatable bonds is 7. The molecule has 0 aliphatic heterocycles. The monoisotopic (exact) mass is 492 g/mol. The van der Waals surface area contributed by atoms with Crippen LogP contribution in [0, 0.1) is 45.8 Å². The van der Waals surface area contributed by atoms with Gasteiger partial charge >= 0.3 is 0 Å². The highest BCUT2D eigenvalue weighted by molar-refractivity contribution is 5.76. The zero-order chi connectivity index (χ0) is 25.8. The molecule has 0 spiro atoms. The molecule has 0 radical (unpaired) electrons. The molecule has 6 N–H and O–H groups in total. The second kappa shape index (κ2) is 9.89. The Bertz CT molecular complexity index is 778. The Morgan fingerprint density at radius 2 is 1.74 bits per heavy atom. The molecule has 0 heterocycles. The van der Waals surface area contributed by atoms with E-state index < -0.39 is 6.10 Å². The molecule has 0 bridgehead atoms. The van der Waals surface area contributed by atoms with Crippen LogP contribution in [-0.2, 0) is 4.79 Å². The number of hydrogen-bond acceptors (Lipinski definition) is 5. The quantitative estimate of drug-likeness (QED) is 0.372. The number of amides is 1. The van der Waals surface area contributed by atoms with Crippen molar-refractivity contribution in [1.82, 2.24) is 5.32 Å². The van der Waals surface area contributed by atoms with E-state index in [0.717, 1.165) is 57.8 Å². The second-order valence-electron chi connectivity index (χ2n) is 13.7. The minimum atomic E-state index is -0.406. The Morgan fingerprint density at radius 3 is 2.43 bits per heavy atom. The zero-order valence-electron chi connectivity index (χ0n) is 22.8. The Kier molecular flexibility index (Phi) is 7.72. The third-order valence-electron chi connectivity index (χ3n) is 12.1. The van der Waals surface area contributed by atoms with Crippen molar-refractivity contribution in [3.05, 3.63) is 0 Å². The van der Waals surface area contributed by atoms with Gasteiger partial charge in [-0.25, -0.2) is 0 Å². The van der Waals surface area contributed by atoms with Gasteiger partial charge in [-0.05, 0) is 112 Å². The summed E-state index contributed by atoms with van der Waals surface area (Å²) in [5.41, 5.74) is 5.30. The molecular formula is C29H52N2O4. The first-order valence-corrected chi connectivity index (χ1v) is 14.4. The van der Waals surface area contributed by atoms with Crippen LogP contribution in [0.2, 0.25) is 0 Å². The first-order chi connectivity index (χ1) is 16.4. The van der Waals surface area contributed by atoms with E-state index in [0.29, 0.717) is 36.6 Å². The summed E-state index contributed by atoms with van der Waals surface area (Å²) in [5, 5.41) is 36.8. The molecule has 0 aromatic carbocycles. The first-order valence-electron chi connectivity index (χ1n) is 14.4. The van der Waals surface area contributed by atoms with E-state index in [4.69, 9.17) is 5.73 Å². The third kappa shape index (κ3) is 4.38. The van der Waals surface area contributed by atoms with Crippen LogP contribution in [0.25, 0.3) is 0 Å². The van der Waals surface area contributed by atoms with Gasteiger partial charge in [0.05, 0.1) is 18.3 Å². The topological polar surface area (TPSA) is 116 Å². The molecule has 6 heteroatoms. The number of nitrogens with two attached hydrogens (primary N) is 1. The fourth-order valence-electron chi connectivity index (χ4n) is 9.84. The molecule has 0 saturated heterocycles. The van der Waals surface area contributed by atoms with Gasteiger partial charge in [-0.2, -0.15) is 0 Å². The lowest BCUT2D eigenvalue weighted by Crippen LogP contribution is -2.66. The van der Waals surface area contributed by atoms with Gasteiger partial charge in [0, 0.05) is 17.9 Å². The van der Waals surface area contributed by atoms with Gasteiger partial charge in [0.1, 0.15) is 0 Å². The highest BCUT2D eigenvalue weighted by atomic mass is 16.3. The van der Waals surface area contributed by atoms with Crippen molar-refractivity contribution in [2.75, 3.05) is 6.54 Å². The van der Waals surface area contributed by atoms with Gasteiger partial charge in [0.2, 0.25) is 5.91 Å². The normalized spacial score (nSPS) is 48.9. The second-order valence-corrected chi connectivity index (χ2v) is 13.7. The number of nitrogens with one attached hydrogen (secondary N) is 1. The highest BCUT2D eigenvalue weighted by Gasteiger charge is 2.70. The maximum absolute atomic E-state index is 12.5. The van der Waals surface area contributed by atoms with Crippen LogP contribution in [-0.4, -0.2) is 52.1 Å². The van der Waals surface area contributed by atoms with Crippen LogP contribution in [0.5, 0.6) is 0 Å². The van der Waals surface area contributed by atoms with E-state index >= 15 is 0 Å². The van der Waals surface area contributed by atoms with Gasteiger partial charge in [-0.1, -0.05) is 27.7 Å². The number of carbonyl (C=O) groups excluding carboxylic acids is 1. The Hall–Kier alpha value is -0.690. The Balaban J connectivity index is 1.52. The summed E-state index contributed by atoms with van der Waals surface area (Å²) in [6.07, 6.45) is 7.29. The van der Waals surface area contributed by atoms with Crippen molar-refractivity contribution in [1.29, 1.82) is 0 Å². The van der Waals surface area contributed by atoms with Gasteiger partial charge in [-0.15, -0.1) is 0 Å². The summed E-state index contributed by atoms with van der Waals surface area (Å²) in [7, 11) is 0. The van der Waals surface area contributed by atoms with Crippen molar-refractivity contribution >= 4 is 5.91 Å². The molecule has 4 aliphatic carbocycles. The Labute approximate surface area is 212 Å². The van der Waals surface area contributed by atoms with Crippen LogP contribution >= 0.6 is 0 Å². The van der Waals surface area contributed by atoms with E-state index in [2.05, 4.69) is 33.0 Å².